The lowest BCUT2D eigenvalue weighted by Crippen LogP contribution is -2.51. The third-order valence-electron chi connectivity index (χ3n) is 7.09. The van der Waals surface area contributed by atoms with Crippen LogP contribution in [0.4, 0.5) is 14.4 Å². The van der Waals surface area contributed by atoms with Gasteiger partial charge < -0.3 is 28.6 Å². The minimum atomic E-state index is -0.635. The summed E-state index contributed by atoms with van der Waals surface area (Å²) in [5, 5.41) is 19.1. The Balaban J connectivity index is 1.34. The van der Waals surface area contributed by atoms with Crippen molar-refractivity contribution >= 4 is 18.2 Å². The van der Waals surface area contributed by atoms with Crippen LogP contribution in [0, 0.1) is 0 Å². The predicted octanol–water partition coefficient (Wildman–Crippen LogP) is 3.97. The van der Waals surface area contributed by atoms with E-state index in [0.29, 0.717) is 76.5 Å². The van der Waals surface area contributed by atoms with E-state index in [0.717, 1.165) is 5.06 Å². The molecule has 3 aliphatic rings. The van der Waals surface area contributed by atoms with Gasteiger partial charge >= 0.3 is 18.2 Å². The van der Waals surface area contributed by atoms with Crippen molar-refractivity contribution in [2.24, 2.45) is 0 Å². The Morgan fingerprint density at radius 3 is 2.33 bits per heavy atom. The van der Waals surface area contributed by atoms with Crippen LogP contribution < -0.4 is 0 Å². The first-order chi connectivity index (χ1) is 18.2. The fourth-order valence-corrected chi connectivity index (χ4v) is 5.24. The molecule has 2 bridgehead atoms. The van der Waals surface area contributed by atoms with E-state index in [-0.39, 0.29) is 30.3 Å². The number of carbonyl (C=O) groups is 3. The van der Waals surface area contributed by atoms with Gasteiger partial charge in [-0.1, -0.05) is 0 Å². The summed E-state index contributed by atoms with van der Waals surface area (Å²) in [6.45, 7) is 12.9. The lowest BCUT2D eigenvalue weighted by molar-refractivity contribution is -0.0584. The van der Waals surface area contributed by atoms with E-state index >= 15 is 0 Å². The topological polar surface area (TPSA) is 142 Å². The summed E-state index contributed by atoms with van der Waals surface area (Å²) >= 11 is 0. The molecule has 0 spiro atoms. The van der Waals surface area contributed by atoms with Gasteiger partial charge in [0, 0.05) is 38.6 Å². The monoisotopic (exact) mass is 550 g/mol. The van der Waals surface area contributed by atoms with E-state index in [1.54, 1.807) is 14.7 Å². The van der Waals surface area contributed by atoms with Crippen molar-refractivity contribution in [3.05, 3.63) is 11.8 Å². The number of aryl methyl sites for hydroxylation is 1. The average Bonchev–Trinajstić information content (AvgIpc) is 3.39. The highest BCUT2D eigenvalue weighted by atomic mass is 16.6. The van der Waals surface area contributed by atoms with Gasteiger partial charge in [-0.2, -0.15) is 0 Å². The highest BCUT2D eigenvalue weighted by Crippen LogP contribution is 2.37. The molecule has 1 aromatic heterocycles. The Kier molecular flexibility index (Phi) is 8.29. The van der Waals surface area contributed by atoms with Gasteiger partial charge in [-0.15, -0.1) is 10.2 Å². The molecule has 3 aliphatic heterocycles. The molecule has 4 amide bonds. The predicted molar refractivity (Wildman–Crippen MR) is 138 cm³/mol. The van der Waals surface area contributed by atoms with Crippen LogP contribution in [-0.2, 0) is 15.9 Å². The number of hydroxylamine groups is 2. The lowest BCUT2D eigenvalue weighted by atomic mass is 10.0. The maximum absolute atomic E-state index is 13.1. The van der Waals surface area contributed by atoms with Crippen molar-refractivity contribution in [3.8, 4) is 0 Å². The van der Waals surface area contributed by atoms with Gasteiger partial charge in [0.2, 0.25) is 11.8 Å². The van der Waals surface area contributed by atoms with Crippen LogP contribution in [0.3, 0.4) is 0 Å². The van der Waals surface area contributed by atoms with Gasteiger partial charge in [-0.25, -0.2) is 19.4 Å². The van der Waals surface area contributed by atoms with Crippen LogP contribution in [0.2, 0.25) is 0 Å². The molecule has 1 aromatic rings. The largest absolute Gasteiger partial charge is 0.444 e. The number of urea groups is 1. The summed E-state index contributed by atoms with van der Waals surface area (Å²) in [7, 11) is 0. The molecule has 0 radical (unpaired) electrons. The molecule has 3 fully saturated rings. The molecule has 3 saturated heterocycles. The van der Waals surface area contributed by atoms with E-state index in [1.165, 1.54) is 0 Å². The Bertz CT molecular complexity index is 1040. The SMILES string of the molecule is CC(C)(C)OC(=O)N1CCC(N(CCCc2nnc([C@@H]3CC[C@H]4CN3C(=O)N4O)o2)C(=O)OC(C)(C)C)CC1. The third kappa shape index (κ3) is 7.11. The number of likely N-dealkylation sites (tertiary alicyclic amines) is 1. The molecule has 13 heteroatoms. The summed E-state index contributed by atoms with van der Waals surface area (Å²) in [6, 6.07) is -1.05. The first kappa shape index (κ1) is 28.9. The first-order valence-electron chi connectivity index (χ1n) is 13.8. The second-order valence-corrected chi connectivity index (χ2v) is 12.5. The zero-order valence-electron chi connectivity index (χ0n) is 23.9. The molecule has 1 N–H and O–H groups in total. The van der Waals surface area contributed by atoms with Crippen LogP contribution in [-0.4, -0.2) is 103 Å². The van der Waals surface area contributed by atoms with Crippen molar-refractivity contribution in [1.82, 2.24) is 30.0 Å². The number of nitrogens with zero attached hydrogens (tertiary/aromatic N) is 6. The fourth-order valence-electron chi connectivity index (χ4n) is 5.24. The Labute approximate surface area is 229 Å². The minimum Gasteiger partial charge on any atom is -0.444 e. The Morgan fingerprint density at radius 2 is 1.69 bits per heavy atom. The molecule has 0 aromatic carbocycles. The van der Waals surface area contributed by atoms with Crippen molar-refractivity contribution in [3.63, 3.8) is 0 Å². The number of carbonyl (C=O) groups excluding carboxylic acids is 3. The van der Waals surface area contributed by atoms with E-state index in [2.05, 4.69) is 10.2 Å². The van der Waals surface area contributed by atoms with Gasteiger partial charge in [-0.3, -0.25) is 5.21 Å². The number of hydrogen-bond donors (Lipinski definition) is 1. The van der Waals surface area contributed by atoms with Gasteiger partial charge in [0.1, 0.15) is 17.2 Å². The number of aromatic nitrogens is 2. The number of ether oxygens (including phenoxy) is 2. The van der Waals surface area contributed by atoms with Crippen molar-refractivity contribution in [2.45, 2.75) is 109 Å². The molecule has 0 saturated carbocycles. The molecule has 4 rings (SSSR count). The number of rotatable bonds is 6. The normalized spacial score (nSPS) is 22.3. The van der Waals surface area contributed by atoms with Gasteiger partial charge in [0.15, 0.2) is 0 Å². The zero-order valence-corrected chi connectivity index (χ0v) is 23.9. The quantitative estimate of drug-likeness (QED) is 0.521. The summed E-state index contributed by atoms with van der Waals surface area (Å²) in [4.78, 5) is 42.9. The van der Waals surface area contributed by atoms with Crippen molar-refractivity contribution in [2.75, 3.05) is 26.2 Å². The van der Waals surface area contributed by atoms with Gasteiger partial charge in [0.05, 0.1) is 6.04 Å². The first-order valence-corrected chi connectivity index (χ1v) is 13.8. The highest BCUT2D eigenvalue weighted by molar-refractivity contribution is 5.76. The van der Waals surface area contributed by atoms with E-state index < -0.39 is 17.2 Å². The van der Waals surface area contributed by atoms with E-state index in [9.17, 15) is 19.6 Å². The number of amides is 4. The number of hydrogen-bond acceptors (Lipinski definition) is 9. The van der Waals surface area contributed by atoms with Crippen LogP contribution in [0.1, 0.15) is 91.5 Å². The number of fused-ring (bicyclic) bond motifs is 2. The molecule has 0 aliphatic carbocycles. The highest BCUT2D eigenvalue weighted by Gasteiger charge is 2.46. The summed E-state index contributed by atoms with van der Waals surface area (Å²) in [6.07, 6.45) is 2.86. The molecule has 4 heterocycles. The fraction of sp³-hybridized carbons (Fsp3) is 0.808. The average molecular weight is 551 g/mol. The van der Waals surface area contributed by atoms with Gasteiger partial charge in [-0.05, 0) is 73.6 Å². The second kappa shape index (κ2) is 11.2. The molecule has 0 unspecified atom stereocenters. The second-order valence-electron chi connectivity index (χ2n) is 12.5. The Morgan fingerprint density at radius 1 is 1.03 bits per heavy atom. The summed E-state index contributed by atoms with van der Waals surface area (Å²) in [5.41, 5.74) is -1.20. The van der Waals surface area contributed by atoms with Crippen LogP contribution >= 0.6 is 0 Å². The van der Waals surface area contributed by atoms with E-state index in [1.807, 2.05) is 41.5 Å². The molecular weight excluding hydrogens is 508 g/mol. The molecule has 218 valence electrons. The summed E-state index contributed by atoms with van der Waals surface area (Å²) in [5.74, 6) is 0.800. The molecule has 39 heavy (non-hydrogen) atoms. The molecule has 2 atom stereocenters. The maximum atomic E-state index is 13.1. The summed E-state index contributed by atoms with van der Waals surface area (Å²) < 4.78 is 17.1. The standard InChI is InChI=1S/C26H42N6O7/c1-25(2,3)38-23(34)29-14-11-17(12-15-29)30(24(35)39-26(4,5)6)13-7-8-20-27-28-21(37-20)19-10-9-18-16-31(19)22(33)32(18)36/h17-19,36H,7-16H2,1-6H3/t18-,19-/m0/s1. The smallest absolute Gasteiger partial charge is 0.410 e. The van der Waals surface area contributed by atoms with Crippen molar-refractivity contribution < 1.29 is 33.5 Å². The van der Waals surface area contributed by atoms with Crippen LogP contribution in [0.15, 0.2) is 4.42 Å². The minimum absolute atomic E-state index is 0.0745. The Hall–Kier alpha value is -3.09. The lowest BCUT2D eigenvalue weighted by Gasteiger charge is -2.39. The van der Waals surface area contributed by atoms with E-state index in [4.69, 9.17) is 13.9 Å². The van der Waals surface area contributed by atoms with Gasteiger partial charge in [0.25, 0.3) is 0 Å². The zero-order chi connectivity index (χ0) is 28.5. The maximum Gasteiger partial charge on any atom is 0.410 e. The van der Waals surface area contributed by atoms with Crippen LogP contribution in [0.5, 0.6) is 0 Å². The molecule has 13 nitrogen and oxygen atoms in total. The third-order valence-corrected chi connectivity index (χ3v) is 7.09. The number of piperidine rings is 2. The molecular formula is C26H42N6O7. The van der Waals surface area contributed by atoms with Crippen LogP contribution in [0.25, 0.3) is 0 Å². The van der Waals surface area contributed by atoms with Crippen molar-refractivity contribution in [1.29, 1.82) is 0 Å².